The van der Waals surface area contributed by atoms with Crippen LogP contribution in [0, 0.1) is 0 Å². The summed E-state index contributed by atoms with van der Waals surface area (Å²) in [4.78, 5) is 0. The molecule has 0 aliphatic heterocycles. The van der Waals surface area contributed by atoms with E-state index in [-0.39, 0.29) is 6.10 Å². The fraction of sp³-hybridized carbons (Fsp3) is 0.250. The van der Waals surface area contributed by atoms with Crippen LogP contribution in [-0.2, 0) is 4.74 Å². The average Bonchev–Trinajstić information content (AvgIpc) is 2.46. The van der Waals surface area contributed by atoms with Crippen LogP contribution in [0.2, 0.25) is 0 Å². The molecule has 0 radical (unpaired) electrons. The Kier molecular flexibility index (Phi) is 4.81. The van der Waals surface area contributed by atoms with Gasteiger partial charge in [0, 0.05) is 25.4 Å². The van der Waals surface area contributed by atoms with Crippen LogP contribution in [0.15, 0.2) is 54.6 Å². The first kappa shape index (κ1) is 13.4. The van der Waals surface area contributed by atoms with Gasteiger partial charge in [0.05, 0.1) is 6.10 Å². The molecule has 0 amide bonds. The van der Waals surface area contributed by atoms with Gasteiger partial charge in [-0.1, -0.05) is 24.3 Å². The zero-order chi connectivity index (χ0) is 13.5. The lowest BCUT2D eigenvalue weighted by atomic mass is 10.3. The van der Waals surface area contributed by atoms with Gasteiger partial charge in [0.15, 0.2) is 0 Å². The van der Waals surface area contributed by atoms with Crippen LogP contribution in [0.1, 0.15) is 6.92 Å². The minimum atomic E-state index is 0.179. The van der Waals surface area contributed by atoms with Gasteiger partial charge in [-0.25, -0.2) is 0 Å². The molecule has 2 aromatic rings. The Morgan fingerprint density at radius 3 is 2.47 bits per heavy atom. The molecule has 19 heavy (non-hydrogen) atoms. The summed E-state index contributed by atoms with van der Waals surface area (Å²) in [5.74, 6) is 1.66. The van der Waals surface area contributed by atoms with Crippen molar-refractivity contribution in [1.29, 1.82) is 0 Å². The predicted molar refractivity (Wildman–Crippen MR) is 77.9 cm³/mol. The molecule has 1 N–H and O–H groups in total. The van der Waals surface area contributed by atoms with Gasteiger partial charge in [-0.15, -0.1) is 0 Å². The molecule has 0 saturated heterocycles. The second-order valence-electron chi connectivity index (χ2n) is 4.37. The highest BCUT2D eigenvalue weighted by Gasteiger charge is 2.01. The number of hydrogen-bond acceptors (Lipinski definition) is 3. The molecule has 0 fully saturated rings. The Morgan fingerprint density at radius 2 is 1.74 bits per heavy atom. The maximum atomic E-state index is 5.78. The first-order valence-corrected chi connectivity index (χ1v) is 6.37. The number of anilines is 1. The number of para-hydroxylation sites is 1. The molecule has 0 aliphatic carbocycles. The summed E-state index contributed by atoms with van der Waals surface area (Å²) >= 11 is 0. The molecular formula is C16H19NO2. The molecular weight excluding hydrogens is 238 g/mol. The fourth-order valence-corrected chi connectivity index (χ4v) is 1.64. The zero-order valence-corrected chi connectivity index (χ0v) is 11.3. The SMILES string of the molecule is COC(C)CNc1cccc(Oc2ccccc2)c1. The highest BCUT2D eigenvalue weighted by atomic mass is 16.5. The fourth-order valence-electron chi connectivity index (χ4n) is 1.64. The lowest BCUT2D eigenvalue weighted by Gasteiger charge is -2.13. The number of methoxy groups -OCH3 is 1. The van der Waals surface area contributed by atoms with E-state index in [0.29, 0.717) is 0 Å². The molecule has 0 aliphatic rings. The molecule has 0 heterocycles. The summed E-state index contributed by atoms with van der Waals surface area (Å²) in [6.07, 6.45) is 0.179. The molecule has 3 nitrogen and oxygen atoms in total. The minimum Gasteiger partial charge on any atom is -0.457 e. The first-order chi connectivity index (χ1) is 9.28. The standard InChI is InChI=1S/C16H19NO2/c1-13(18-2)12-17-14-7-6-10-16(11-14)19-15-8-4-3-5-9-15/h3-11,13,17H,12H2,1-2H3. The molecule has 0 aromatic heterocycles. The summed E-state index contributed by atoms with van der Waals surface area (Å²) in [7, 11) is 1.71. The van der Waals surface area contributed by atoms with Crippen molar-refractivity contribution in [3.05, 3.63) is 54.6 Å². The summed E-state index contributed by atoms with van der Waals surface area (Å²) in [5, 5.41) is 3.32. The van der Waals surface area contributed by atoms with Crippen molar-refractivity contribution in [3.8, 4) is 11.5 Å². The van der Waals surface area contributed by atoms with E-state index in [9.17, 15) is 0 Å². The average molecular weight is 257 g/mol. The second-order valence-corrected chi connectivity index (χ2v) is 4.37. The van der Waals surface area contributed by atoms with E-state index in [1.54, 1.807) is 7.11 Å². The molecule has 100 valence electrons. The highest BCUT2D eigenvalue weighted by molar-refractivity contribution is 5.49. The smallest absolute Gasteiger partial charge is 0.129 e. The molecule has 0 saturated carbocycles. The summed E-state index contributed by atoms with van der Waals surface area (Å²) < 4.78 is 11.0. The lowest BCUT2D eigenvalue weighted by Crippen LogP contribution is -2.17. The van der Waals surface area contributed by atoms with Crippen LogP contribution in [0.3, 0.4) is 0 Å². The number of ether oxygens (including phenoxy) is 2. The van der Waals surface area contributed by atoms with Crippen LogP contribution in [0.4, 0.5) is 5.69 Å². The lowest BCUT2D eigenvalue weighted by molar-refractivity contribution is 0.129. The van der Waals surface area contributed by atoms with Gasteiger partial charge in [0.2, 0.25) is 0 Å². The van der Waals surface area contributed by atoms with Crippen molar-refractivity contribution in [1.82, 2.24) is 0 Å². The Labute approximate surface area is 114 Å². The van der Waals surface area contributed by atoms with E-state index < -0.39 is 0 Å². The first-order valence-electron chi connectivity index (χ1n) is 6.37. The second kappa shape index (κ2) is 6.81. The van der Waals surface area contributed by atoms with Gasteiger partial charge in [0.1, 0.15) is 11.5 Å². The summed E-state index contributed by atoms with van der Waals surface area (Å²) in [6, 6.07) is 17.7. The van der Waals surface area contributed by atoms with Gasteiger partial charge in [0.25, 0.3) is 0 Å². The van der Waals surface area contributed by atoms with E-state index in [1.165, 1.54) is 0 Å². The van der Waals surface area contributed by atoms with E-state index in [1.807, 2.05) is 61.5 Å². The third kappa shape index (κ3) is 4.30. The largest absolute Gasteiger partial charge is 0.457 e. The minimum absolute atomic E-state index is 0.179. The van der Waals surface area contributed by atoms with Crippen molar-refractivity contribution < 1.29 is 9.47 Å². The van der Waals surface area contributed by atoms with Crippen molar-refractivity contribution in [2.45, 2.75) is 13.0 Å². The van der Waals surface area contributed by atoms with Crippen LogP contribution in [0.5, 0.6) is 11.5 Å². The van der Waals surface area contributed by atoms with Crippen molar-refractivity contribution in [3.63, 3.8) is 0 Å². The Hall–Kier alpha value is -2.00. The van der Waals surface area contributed by atoms with Crippen LogP contribution in [-0.4, -0.2) is 19.8 Å². The van der Waals surface area contributed by atoms with Crippen LogP contribution >= 0.6 is 0 Å². The third-order valence-corrected chi connectivity index (χ3v) is 2.81. The van der Waals surface area contributed by atoms with Gasteiger partial charge in [-0.05, 0) is 31.2 Å². The molecule has 1 unspecified atom stereocenters. The normalized spacial score (nSPS) is 11.9. The topological polar surface area (TPSA) is 30.5 Å². The molecule has 2 aromatic carbocycles. The summed E-state index contributed by atoms with van der Waals surface area (Å²) in [6.45, 7) is 2.79. The van der Waals surface area contributed by atoms with E-state index in [0.717, 1.165) is 23.7 Å². The van der Waals surface area contributed by atoms with Crippen molar-refractivity contribution >= 4 is 5.69 Å². The molecule has 0 spiro atoms. The summed E-state index contributed by atoms with van der Waals surface area (Å²) in [5.41, 5.74) is 1.03. The van der Waals surface area contributed by atoms with Gasteiger partial charge in [-0.3, -0.25) is 0 Å². The Bertz CT molecular complexity index is 499. The van der Waals surface area contributed by atoms with Crippen molar-refractivity contribution in [2.75, 3.05) is 19.0 Å². The molecule has 0 bridgehead atoms. The predicted octanol–water partition coefficient (Wildman–Crippen LogP) is 3.93. The van der Waals surface area contributed by atoms with Gasteiger partial charge < -0.3 is 14.8 Å². The number of benzene rings is 2. The van der Waals surface area contributed by atoms with E-state index >= 15 is 0 Å². The third-order valence-electron chi connectivity index (χ3n) is 2.81. The number of hydrogen-bond donors (Lipinski definition) is 1. The maximum absolute atomic E-state index is 5.78. The molecule has 1 atom stereocenters. The maximum Gasteiger partial charge on any atom is 0.129 e. The number of rotatable bonds is 6. The van der Waals surface area contributed by atoms with E-state index in [4.69, 9.17) is 9.47 Å². The Balaban J connectivity index is 1.99. The van der Waals surface area contributed by atoms with Crippen molar-refractivity contribution in [2.24, 2.45) is 0 Å². The van der Waals surface area contributed by atoms with E-state index in [2.05, 4.69) is 5.32 Å². The number of nitrogens with one attached hydrogen (secondary N) is 1. The molecule has 2 rings (SSSR count). The Morgan fingerprint density at radius 1 is 1.00 bits per heavy atom. The monoisotopic (exact) mass is 257 g/mol. The zero-order valence-electron chi connectivity index (χ0n) is 11.3. The quantitative estimate of drug-likeness (QED) is 0.850. The highest BCUT2D eigenvalue weighted by Crippen LogP contribution is 2.23. The van der Waals surface area contributed by atoms with Crippen LogP contribution < -0.4 is 10.1 Å². The van der Waals surface area contributed by atoms with Gasteiger partial charge in [-0.2, -0.15) is 0 Å². The van der Waals surface area contributed by atoms with Crippen LogP contribution in [0.25, 0.3) is 0 Å². The van der Waals surface area contributed by atoms with Gasteiger partial charge >= 0.3 is 0 Å². The molecule has 3 heteroatoms.